The lowest BCUT2D eigenvalue weighted by molar-refractivity contribution is 0.0269. The summed E-state index contributed by atoms with van der Waals surface area (Å²) in [5.41, 5.74) is 1.28. The van der Waals surface area contributed by atoms with Gasteiger partial charge in [-0.1, -0.05) is 11.8 Å². The highest BCUT2D eigenvalue weighted by Crippen LogP contribution is 2.51. The molecule has 0 spiro atoms. The van der Waals surface area contributed by atoms with Crippen LogP contribution in [0.5, 0.6) is 0 Å². The Balaban J connectivity index is 1.61. The maximum Gasteiger partial charge on any atom is 0.410 e. The van der Waals surface area contributed by atoms with Crippen molar-refractivity contribution >= 4 is 12.1 Å². The fraction of sp³-hybridized carbons (Fsp3) is 0.550. The van der Waals surface area contributed by atoms with Gasteiger partial charge in [0.1, 0.15) is 11.3 Å². The molecule has 1 saturated heterocycles. The number of aromatic nitrogens is 1. The molecule has 0 bridgehead atoms. The van der Waals surface area contributed by atoms with Crippen LogP contribution in [0.4, 0.5) is 4.79 Å². The van der Waals surface area contributed by atoms with Gasteiger partial charge >= 0.3 is 12.1 Å². The van der Waals surface area contributed by atoms with Crippen LogP contribution < -0.4 is 0 Å². The van der Waals surface area contributed by atoms with Crippen molar-refractivity contribution in [1.82, 2.24) is 9.88 Å². The zero-order valence-corrected chi connectivity index (χ0v) is 15.8. The van der Waals surface area contributed by atoms with E-state index in [1.54, 1.807) is 11.0 Å². The topological polar surface area (TPSA) is 68.7 Å². The molecule has 3 atom stereocenters. The summed E-state index contributed by atoms with van der Waals surface area (Å²) in [6.45, 7) is 8.82. The summed E-state index contributed by atoms with van der Waals surface area (Å²) in [4.78, 5) is 29.7. The van der Waals surface area contributed by atoms with Gasteiger partial charge in [-0.15, -0.1) is 0 Å². The van der Waals surface area contributed by atoms with Crippen LogP contribution in [0.2, 0.25) is 0 Å². The predicted octanol–water partition coefficient (Wildman–Crippen LogP) is 2.64. The number of carbonyl (C=O) groups excluding carboxylic acids is 2. The number of nitrogens with zero attached hydrogens (tertiary/aromatic N) is 2. The van der Waals surface area contributed by atoms with Crippen LogP contribution in [0, 0.1) is 36.5 Å². The van der Waals surface area contributed by atoms with E-state index in [0.717, 1.165) is 11.3 Å². The molecule has 0 N–H and O–H groups in total. The van der Waals surface area contributed by atoms with E-state index in [0.29, 0.717) is 30.8 Å². The number of aryl methyl sites for hydroxylation is 1. The van der Waals surface area contributed by atoms with Crippen LogP contribution in [-0.2, 0) is 9.47 Å². The van der Waals surface area contributed by atoms with E-state index in [4.69, 9.17) is 9.47 Å². The third-order valence-corrected chi connectivity index (χ3v) is 4.58. The first-order valence-electron chi connectivity index (χ1n) is 8.74. The van der Waals surface area contributed by atoms with Gasteiger partial charge in [-0.2, -0.15) is 0 Å². The highest BCUT2D eigenvalue weighted by molar-refractivity contribution is 5.87. The minimum Gasteiger partial charge on any atom is -0.464 e. The average Bonchev–Trinajstić information content (AvgIpc) is 2.99. The molecule has 0 aromatic carbocycles. The molecule has 1 aliphatic heterocycles. The molecule has 1 aromatic rings. The summed E-state index contributed by atoms with van der Waals surface area (Å²) < 4.78 is 10.1. The lowest BCUT2D eigenvalue weighted by Crippen LogP contribution is -2.37. The number of fused-ring (bicyclic) bond motifs is 1. The van der Waals surface area contributed by atoms with E-state index in [1.807, 2.05) is 33.8 Å². The summed E-state index contributed by atoms with van der Waals surface area (Å²) >= 11 is 0. The van der Waals surface area contributed by atoms with Crippen molar-refractivity contribution in [2.24, 2.45) is 17.8 Å². The summed E-state index contributed by atoms with van der Waals surface area (Å²) in [7, 11) is 1.33. The minimum absolute atomic E-state index is 0.246. The number of hydrogen-bond acceptors (Lipinski definition) is 5. The van der Waals surface area contributed by atoms with E-state index in [1.165, 1.54) is 7.11 Å². The van der Waals surface area contributed by atoms with Crippen LogP contribution >= 0.6 is 0 Å². The Morgan fingerprint density at radius 1 is 1.23 bits per heavy atom. The van der Waals surface area contributed by atoms with Crippen LogP contribution in [0.15, 0.2) is 12.1 Å². The fourth-order valence-electron chi connectivity index (χ4n) is 3.33. The molecule has 1 saturated carbocycles. The number of ether oxygens (including phenoxy) is 2. The van der Waals surface area contributed by atoms with Crippen molar-refractivity contribution < 1.29 is 19.1 Å². The zero-order valence-electron chi connectivity index (χ0n) is 15.8. The smallest absolute Gasteiger partial charge is 0.410 e. The standard InChI is InChI=1S/C20H24N2O4/c1-12-8-13(9-17(21-12)18(23)25-5)6-7-14-15-10-22(11-16(14)15)19(24)26-20(2,3)4/h8-9,14-16H,10-11H2,1-5H3/t14?,15-,16+. The number of pyridine rings is 1. The van der Waals surface area contributed by atoms with Gasteiger partial charge in [-0.25, -0.2) is 14.6 Å². The van der Waals surface area contributed by atoms with Gasteiger partial charge < -0.3 is 14.4 Å². The zero-order chi connectivity index (χ0) is 19.1. The number of methoxy groups -OCH3 is 1. The number of hydrogen-bond donors (Lipinski definition) is 0. The normalized spacial score (nSPS) is 23.6. The molecule has 3 rings (SSSR count). The second kappa shape index (κ2) is 6.64. The predicted molar refractivity (Wildman–Crippen MR) is 95.5 cm³/mol. The molecule has 2 fully saturated rings. The Morgan fingerprint density at radius 3 is 2.46 bits per heavy atom. The van der Waals surface area contributed by atoms with Crippen molar-refractivity contribution in [1.29, 1.82) is 0 Å². The number of rotatable bonds is 1. The summed E-state index contributed by atoms with van der Waals surface area (Å²) in [5.74, 6) is 7.09. The van der Waals surface area contributed by atoms with Gasteiger partial charge in [0.05, 0.1) is 7.11 Å². The quantitative estimate of drug-likeness (QED) is 0.572. The molecule has 0 radical (unpaired) electrons. The van der Waals surface area contributed by atoms with Crippen LogP contribution in [0.25, 0.3) is 0 Å². The lowest BCUT2D eigenvalue weighted by atomic mass is 10.1. The number of piperidine rings is 1. The van der Waals surface area contributed by atoms with Crippen LogP contribution in [0.3, 0.4) is 0 Å². The van der Waals surface area contributed by atoms with E-state index in [2.05, 4.69) is 16.8 Å². The maximum absolute atomic E-state index is 12.1. The molecule has 2 aliphatic rings. The molecule has 138 valence electrons. The second-order valence-electron chi connectivity index (χ2n) is 7.88. The second-order valence-corrected chi connectivity index (χ2v) is 7.88. The highest BCUT2D eigenvalue weighted by atomic mass is 16.6. The summed E-state index contributed by atoms with van der Waals surface area (Å²) in [6, 6.07) is 3.50. The molecular formula is C20H24N2O4. The van der Waals surface area contributed by atoms with Gasteiger partial charge in [0.15, 0.2) is 0 Å². The van der Waals surface area contributed by atoms with Gasteiger partial charge in [-0.05, 0) is 51.7 Å². The molecule has 1 amide bonds. The number of likely N-dealkylation sites (tertiary alicyclic amines) is 1. The molecule has 1 unspecified atom stereocenters. The Morgan fingerprint density at radius 2 is 1.88 bits per heavy atom. The fourth-order valence-corrected chi connectivity index (χ4v) is 3.33. The maximum atomic E-state index is 12.1. The van der Waals surface area contributed by atoms with Crippen molar-refractivity contribution in [2.45, 2.75) is 33.3 Å². The van der Waals surface area contributed by atoms with E-state index in [9.17, 15) is 9.59 Å². The Hall–Kier alpha value is -2.55. The van der Waals surface area contributed by atoms with Gasteiger partial charge in [0.25, 0.3) is 0 Å². The van der Waals surface area contributed by atoms with Gasteiger partial charge in [0, 0.05) is 30.3 Å². The van der Waals surface area contributed by atoms with Crippen molar-refractivity contribution in [3.63, 3.8) is 0 Å². The monoisotopic (exact) mass is 356 g/mol. The highest BCUT2D eigenvalue weighted by Gasteiger charge is 2.56. The summed E-state index contributed by atoms with van der Waals surface area (Å²) in [5, 5.41) is 0. The Bertz CT molecular complexity index is 788. The first-order valence-corrected chi connectivity index (χ1v) is 8.74. The van der Waals surface area contributed by atoms with Crippen molar-refractivity contribution in [3.8, 4) is 11.8 Å². The summed E-state index contributed by atoms with van der Waals surface area (Å²) in [6.07, 6.45) is -0.246. The number of esters is 1. The van der Waals surface area contributed by atoms with E-state index >= 15 is 0 Å². The largest absolute Gasteiger partial charge is 0.464 e. The molecule has 26 heavy (non-hydrogen) atoms. The molecule has 2 heterocycles. The minimum atomic E-state index is -0.473. The first kappa shape index (κ1) is 18.2. The van der Waals surface area contributed by atoms with Crippen LogP contribution in [-0.4, -0.2) is 47.7 Å². The molecule has 6 nitrogen and oxygen atoms in total. The van der Waals surface area contributed by atoms with Crippen LogP contribution in [0.1, 0.15) is 42.5 Å². The number of carbonyl (C=O) groups is 2. The third kappa shape index (κ3) is 3.98. The number of amides is 1. The molecule has 6 heteroatoms. The lowest BCUT2D eigenvalue weighted by Gasteiger charge is -2.25. The first-order chi connectivity index (χ1) is 12.2. The average molecular weight is 356 g/mol. The molecular weight excluding hydrogens is 332 g/mol. The van der Waals surface area contributed by atoms with Gasteiger partial charge in [-0.3, -0.25) is 0 Å². The molecule has 1 aliphatic carbocycles. The van der Waals surface area contributed by atoms with Crippen molar-refractivity contribution in [2.75, 3.05) is 20.2 Å². The molecule has 1 aromatic heterocycles. The Labute approximate surface area is 153 Å². The van der Waals surface area contributed by atoms with Crippen molar-refractivity contribution in [3.05, 3.63) is 29.1 Å². The van der Waals surface area contributed by atoms with E-state index < -0.39 is 11.6 Å². The van der Waals surface area contributed by atoms with E-state index in [-0.39, 0.29) is 11.8 Å². The Kier molecular flexibility index (Phi) is 4.66. The van der Waals surface area contributed by atoms with Gasteiger partial charge in [0.2, 0.25) is 0 Å². The SMILES string of the molecule is COC(=O)c1cc(C#CC2[C@H]3CN(C(=O)OC(C)(C)C)C[C@@H]23)cc(C)n1. The third-order valence-electron chi connectivity index (χ3n) is 4.58.